The van der Waals surface area contributed by atoms with Gasteiger partial charge in [0, 0.05) is 5.41 Å². The maximum absolute atomic E-state index is 9.49. The smallest absolute Gasteiger partial charge is 0.0699 e. The van der Waals surface area contributed by atoms with Crippen molar-refractivity contribution in [2.45, 2.75) is 43.9 Å². The monoisotopic (exact) mass is 211 g/mol. The van der Waals surface area contributed by atoms with Crippen molar-refractivity contribution in [1.29, 1.82) is 5.26 Å². The zero-order valence-electron chi connectivity index (χ0n) is 9.58. The molecule has 16 heavy (non-hydrogen) atoms. The largest absolute Gasteiger partial charge is 0.198 e. The highest BCUT2D eigenvalue weighted by atomic mass is 14.6. The molecule has 0 aromatic heterocycles. The fourth-order valence-electron chi connectivity index (χ4n) is 3.60. The lowest BCUT2D eigenvalue weighted by molar-refractivity contribution is 0.311. The summed E-state index contributed by atoms with van der Waals surface area (Å²) in [4.78, 5) is 0. The van der Waals surface area contributed by atoms with E-state index in [0.29, 0.717) is 0 Å². The average molecular weight is 211 g/mol. The van der Waals surface area contributed by atoms with Crippen LogP contribution in [-0.2, 0) is 5.41 Å². The van der Waals surface area contributed by atoms with Crippen LogP contribution in [-0.4, -0.2) is 0 Å². The molecule has 0 spiro atoms. The second-order valence-corrected chi connectivity index (χ2v) is 5.35. The Morgan fingerprint density at radius 3 is 2.06 bits per heavy atom. The van der Waals surface area contributed by atoms with Crippen LogP contribution >= 0.6 is 0 Å². The van der Waals surface area contributed by atoms with Crippen molar-refractivity contribution >= 4 is 0 Å². The first-order chi connectivity index (χ1) is 7.83. The summed E-state index contributed by atoms with van der Waals surface area (Å²) >= 11 is 0. The van der Waals surface area contributed by atoms with Gasteiger partial charge in [0.05, 0.1) is 11.5 Å². The maximum Gasteiger partial charge on any atom is 0.0699 e. The second-order valence-electron chi connectivity index (χ2n) is 5.35. The number of benzene rings is 1. The van der Waals surface area contributed by atoms with Crippen molar-refractivity contribution in [1.82, 2.24) is 0 Å². The summed E-state index contributed by atoms with van der Waals surface area (Å²) in [5.74, 6) is 0. The van der Waals surface area contributed by atoms with E-state index in [0.717, 1.165) is 12.8 Å². The molecule has 0 heterocycles. The minimum absolute atomic E-state index is 0.0230. The van der Waals surface area contributed by atoms with E-state index in [1.54, 1.807) is 0 Å². The van der Waals surface area contributed by atoms with Gasteiger partial charge in [0.1, 0.15) is 0 Å². The van der Waals surface area contributed by atoms with Crippen molar-refractivity contribution in [2.75, 3.05) is 0 Å². The highest BCUT2D eigenvalue weighted by Crippen LogP contribution is 2.65. The molecule has 0 saturated heterocycles. The third-order valence-electron chi connectivity index (χ3n) is 4.66. The van der Waals surface area contributed by atoms with E-state index in [-0.39, 0.29) is 10.8 Å². The van der Waals surface area contributed by atoms with Crippen LogP contribution in [0.25, 0.3) is 0 Å². The van der Waals surface area contributed by atoms with Gasteiger partial charge in [-0.1, -0.05) is 43.2 Å². The third-order valence-corrected chi connectivity index (χ3v) is 4.66. The summed E-state index contributed by atoms with van der Waals surface area (Å²) in [7, 11) is 0. The summed E-state index contributed by atoms with van der Waals surface area (Å²) in [6, 6.07) is 13.4. The second kappa shape index (κ2) is 3.35. The molecule has 1 aromatic carbocycles. The maximum atomic E-state index is 9.49. The van der Waals surface area contributed by atoms with Gasteiger partial charge in [0.2, 0.25) is 0 Å². The lowest BCUT2D eigenvalue weighted by Gasteiger charge is -2.34. The van der Waals surface area contributed by atoms with E-state index in [4.69, 9.17) is 0 Å². The number of nitriles is 1. The SMILES string of the molecule is N#CC1(C2(c3ccccc3)CCCC2)CC1. The molecule has 3 rings (SSSR count). The standard InChI is InChI=1S/C15H17N/c16-12-14(10-11-14)15(8-4-5-9-15)13-6-2-1-3-7-13/h1-3,6-7H,4-5,8-11H2. The summed E-state index contributed by atoms with van der Waals surface area (Å²) < 4.78 is 0. The predicted octanol–water partition coefficient (Wildman–Crippen LogP) is 3.80. The minimum Gasteiger partial charge on any atom is -0.198 e. The first-order valence-electron chi connectivity index (χ1n) is 6.30. The van der Waals surface area contributed by atoms with Crippen molar-refractivity contribution in [2.24, 2.45) is 5.41 Å². The fourth-order valence-corrected chi connectivity index (χ4v) is 3.60. The molecule has 0 N–H and O–H groups in total. The Kier molecular flexibility index (Phi) is 2.07. The van der Waals surface area contributed by atoms with Crippen molar-refractivity contribution < 1.29 is 0 Å². The topological polar surface area (TPSA) is 23.8 Å². The van der Waals surface area contributed by atoms with E-state index in [1.807, 2.05) is 0 Å². The highest BCUT2D eigenvalue weighted by molar-refractivity contribution is 5.37. The first-order valence-corrected chi connectivity index (χ1v) is 6.30. The number of nitrogens with zero attached hydrogens (tertiary/aromatic N) is 1. The third kappa shape index (κ3) is 1.16. The van der Waals surface area contributed by atoms with Gasteiger partial charge < -0.3 is 0 Å². The average Bonchev–Trinajstić information content (AvgIpc) is 3.01. The Morgan fingerprint density at radius 2 is 1.56 bits per heavy atom. The highest BCUT2D eigenvalue weighted by Gasteiger charge is 2.61. The molecule has 2 saturated carbocycles. The normalized spacial score (nSPS) is 24.9. The molecule has 0 unspecified atom stereocenters. The first kappa shape index (κ1) is 9.90. The van der Waals surface area contributed by atoms with E-state index in [1.165, 1.54) is 31.2 Å². The summed E-state index contributed by atoms with van der Waals surface area (Å²) in [6.07, 6.45) is 7.22. The molecule has 2 aliphatic carbocycles. The van der Waals surface area contributed by atoms with Crippen LogP contribution in [0.1, 0.15) is 44.1 Å². The van der Waals surface area contributed by atoms with Crippen molar-refractivity contribution in [3.63, 3.8) is 0 Å². The number of rotatable bonds is 2. The van der Waals surface area contributed by atoms with Crippen LogP contribution < -0.4 is 0 Å². The molecular weight excluding hydrogens is 194 g/mol. The van der Waals surface area contributed by atoms with Crippen molar-refractivity contribution in [3.05, 3.63) is 35.9 Å². The lowest BCUT2D eigenvalue weighted by Crippen LogP contribution is -2.33. The number of hydrogen-bond acceptors (Lipinski definition) is 1. The van der Waals surface area contributed by atoms with Gasteiger partial charge in [0.15, 0.2) is 0 Å². The summed E-state index contributed by atoms with van der Waals surface area (Å²) in [6.45, 7) is 0. The number of hydrogen-bond donors (Lipinski definition) is 0. The molecule has 1 aromatic rings. The van der Waals surface area contributed by atoms with Gasteiger partial charge in [-0.2, -0.15) is 5.26 Å². The molecule has 2 fully saturated rings. The van der Waals surface area contributed by atoms with Crippen LogP contribution in [0.2, 0.25) is 0 Å². The van der Waals surface area contributed by atoms with Gasteiger partial charge in [0.25, 0.3) is 0 Å². The quantitative estimate of drug-likeness (QED) is 0.730. The molecule has 0 aliphatic heterocycles. The van der Waals surface area contributed by atoms with Gasteiger partial charge >= 0.3 is 0 Å². The molecule has 0 bridgehead atoms. The lowest BCUT2D eigenvalue weighted by atomic mass is 9.67. The van der Waals surface area contributed by atoms with Gasteiger partial charge in [-0.25, -0.2) is 0 Å². The molecule has 2 aliphatic rings. The zero-order valence-corrected chi connectivity index (χ0v) is 9.58. The van der Waals surface area contributed by atoms with E-state index >= 15 is 0 Å². The predicted molar refractivity (Wildman–Crippen MR) is 63.9 cm³/mol. The van der Waals surface area contributed by atoms with Gasteiger partial charge in [-0.3, -0.25) is 0 Å². The van der Waals surface area contributed by atoms with Gasteiger partial charge in [-0.15, -0.1) is 0 Å². The minimum atomic E-state index is -0.0230. The van der Waals surface area contributed by atoms with E-state index in [2.05, 4.69) is 36.4 Å². The zero-order chi connectivity index (χ0) is 11.1. The summed E-state index contributed by atoms with van der Waals surface area (Å²) in [5.41, 5.74) is 1.57. The molecule has 0 radical (unpaired) electrons. The van der Waals surface area contributed by atoms with Crippen molar-refractivity contribution in [3.8, 4) is 6.07 Å². The van der Waals surface area contributed by atoms with Crippen LogP contribution in [0.15, 0.2) is 30.3 Å². The van der Waals surface area contributed by atoms with E-state index in [9.17, 15) is 5.26 Å². The Hall–Kier alpha value is -1.29. The van der Waals surface area contributed by atoms with Gasteiger partial charge in [-0.05, 0) is 31.2 Å². The molecule has 82 valence electrons. The Balaban J connectivity index is 2.08. The van der Waals surface area contributed by atoms with Crippen LogP contribution in [0.3, 0.4) is 0 Å². The van der Waals surface area contributed by atoms with Crippen LogP contribution in [0, 0.1) is 16.7 Å². The van der Waals surface area contributed by atoms with Crippen LogP contribution in [0.4, 0.5) is 0 Å². The molecule has 0 amide bonds. The molecular formula is C15H17N. The van der Waals surface area contributed by atoms with Crippen LogP contribution in [0.5, 0.6) is 0 Å². The Labute approximate surface area is 97.1 Å². The Morgan fingerprint density at radius 1 is 0.938 bits per heavy atom. The van der Waals surface area contributed by atoms with E-state index < -0.39 is 0 Å². The Bertz CT molecular complexity index is 416. The fraction of sp³-hybridized carbons (Fsp3) is 0.533. The molecule has 0 atom stereocenters. The molecule has 1 heteroatoms. The molecule has 1 nitrogen and oxygen atoms in total. The summed E-state index contributed by atoms with van der Waals surface area (Å²) in [5, 5.41) is 9.49.